The number of amides is 1. The summed E-state index contributed by atoms with van der Waals surface area (Å²) in [5, 5.41) is 8.86. The monoisotopic (exact) mass is 241 g/mol. The Kier molecular flexibility index (Phi) is 3.80. The lowest BCUT2D eigenvalue weighted by Gasteiger charge is -2.33. The van der Waals surface area contributed by atoms with Crippen LogP contribution in [0.4, 0.5) is 4.79 Å². The zero-order valence-electron chi connectivity index (χ0n) is 10.7. The number of carboxylic acids is 1. The summed E-state index contributed by atoms with van der Waals surface area (Å²) in [6.07, 6.45) is 1.52. The van der Waals surface area contributed by atoms with Crippen molar-refractivity contribution in [2.24, 2.45) is 0 Å². The van der Waals surface area contributed by atoms with E-state index in [1.54, 1.807) is 26.8 Å². The molecule has 5 heteroatoms. The van der Waals surface area contributed by atoms with Crippen molar-refractivity contribution in [3.05, 3.63) is 11.6 Å². The minimum atomic E-state index is -0.916. The smallest absolute Gasteiger partial charge is 0.410 e. The molecule has 96 valence electrons. The molecule has 17 heavy (non-hydrogen) atoms. The highest BCUT2D eigenvalue weighted by Crippen LogP contribution is 2.20. The molecule has 1 heterocycles. The second-order valence-electron chi connectivity index (χ2n) is 5.22. The van der Waals surface area contributed by atoms with Crippen molar-refractivity contribution in [1.82, 2.24) is 4.90 Å². The summed E-state index contributed by atoms with van der Waals surface area (Å²) in [6, 6.07) is -0.152. The van der Waals surface area contributed by atoms with Gasteiger partial charge in [0.1, 0.15) is 5.60 Å². The lowest BCUT2D eigenvalue weighted by Crippen LogP contribution is -2.44. The summed E-state index contributed by atoms with van der Waals surface area (Å²) >= 11 is 0. The van der Waals surface area contributed by atoms with Crippen LogP contribution in [-0.2, 0) is 9.53 Å². The first kappa shape index (κ1) is 13.5. The number of aliphatic carboxylic acids is 1. The second-order valence-corrected chi connectivity index (χ2v) is 5.22. The van der Waals surface area contributed by atoms with Gasteiger partial charge in [-0.25, -0.2) is 9.59 Å². The molecule has 0 aromatic carbocycles. The molecule has 1 amide bonds. The van der Waals surface area contributed by atoms with Gasteiger partial charge in [-0.2, -0.15) is 0 Å². The Morgan fingerprint density at radius 2 is 2.06 bits per heavy atom. The fraction of sp³-hybridized carbons (Fsp3) is 0.667. The Morgan fingerprint density at radius 1 is 1.47 bits per heavy atom. The van der Waals surface area contributed by atoms with Crippen molar-refractivity contribution in [3.63, 3.8) is 0 Å². The molecule has 5 nitrogen and oxygen atoms in total. The van der Waals surface area contributed by atoms with Crippen molar-refractivity contribution in [2.45, 2.75) is 45.8 Å². The molecule has 0 spiro atoms. The van der Waals surface area contributed by atoms with E-state index in [9.17, 15) is 9.59 Å². The number of rotatable bonds is 1. The van der Waals surface area contributed by atoms with Crippen LogP contribution >= 0.6 is 0 Å². The van der Waals surface area contributed by atoms with E-state index in [0.717, 1.165) is 0 Å². The number of nitrogens with zero attached hydrogens (tertiary/aromatic N) is 1. The van der Waals surface area contributed by atoms with Gasteiger partial charge in [0.2, 0.25) is 0 Å². The van der Waals surface area contributed by atoms with Gasteiger partial charge in [-0.05, 0) is 34.1 Å². The SMILES string of the molecule is CC1CC(C(=O)O)=CCN1C(=O)OC(C)(C)C. The van der Waals surface area contributed by atoms with E-state index in [4.69, 9.17) is 9.84 Å². The minimum absolute atomic E-state index is 0.152. The summed E-state index contributed by atoms with van der Waals surface area (Å²) in [7, 11) is 0. The van der Waals surface area contributed by atoms with E-state index in [2.05, 4.69) is 0 Å². The molecule has 1 aliphatic rings. The molecule has 1 rings (SSSR count). The van der Waals surface area contributed by atoms with E-state index < -0.39 is 17.7 Å². The highest BCUT2D eigenvalue weighted by molar-refractivity contribution is 5.87. The number of carbonyl (C=O) groups is 2. The fourth-order valence-electron chi connectivity index (χ4n) is 1.65. The van der Waals surface area contributed by atoms with Crippen LogP contribution in [-0.4, -0.2) is 40.3 Å². The van der Waals surface area contributed by atoms with Crippen molar-refractivity contribution in [2.75, 3.05) is 6.54 Å². The van der Waals surface area contributed by atoms with Crippen LogP contribution in [0.1, 0.15) is 34.1 Å². The molecular formula is C12H19NO4. The normalized spacial score (nSPS) is 20.8. The zero-order valence-corrected chi connectivity index (χ0v) is 10.7. The van der Waals surface area contributed by atoms with Crippen LogP contribution in [0.3, 0.4) is 0 Å². The van der Waals surface area contributed by atoms with Gasteiger partial charge >= 0.3 is 12.1 Å². The summed E-state index contributed by atoms with van der Waals surface area (Å²) < 4.78 is 5.25. The molecule has 1 atom stereocenters. The molecule has 0 saturated carbocycles. The maximum atomic E-state index is 11.8. The maximum Gasteiger partial charge on any atom is 0.410 e. The predicted octanol–water partition coefficient (Wildman–Crippen LogP) is 2.03. The third kappa shape index (κ3) is 3.76. The third-order valence-corrected chi connectivity index (χ3v) is 2.48. The summed E-state index contributed by atoms with van der Waals surface area (Å²) in [4.78, 5) is 24.2. The number of carbonyl (C=O) groups excluding carboxylic acids is 1. The summed E-state index contributed by atoms with van der Waals surface area (Å²) in [5.74, 6) is -0.916. The van der Waals surface area contributed by atoms with Crippen LogP contribution < -0.4 is 0 Å². The van der Waals surface area contributed by atoms with Gasteiger partial charge in [-0.3, -0.25) is 0 Å². The van der Waals surface area contributed by atoms with E-state index in [1.807, 2.05) is 6.92 Å². The standard InChI is InChI=1S/C12H19NO4/c1-8-7-9(10(14)15)5-6-13(8)11(16)17-12(2,3)4/h5,8H,6-7H2,1-4H3,(H,14,15). The quantitative estimate of drug-likeness (QED) is 0.762. The molecule has 0 saturated heterocycles. The largest absolute Gasteiger partial charge is 0.478 e. The van der Waals surface area contributed by atoms with Crippen molar-refractivity contribution >= 4 is 12.1 Å². The number of ether oxygens (including phenoxy) is 1. The Balaban J connectivity index is 2.69. The first-order chi connectivity index (χ1) is 7.70. The first-order valence-corrected chi connectivity index (χ1v) is 5.62. The predicted molar refractivity (Wildman–Crippen MR) is 62.7 cm³/mol. The van der Waals surface area contributed by atoms with Crippen LogP contribution in [0.25, 0.3) is 0 Å². The maximum absolute atomic E-state index is 11.8. The molecule has 1 aliphatic heterocycles. The number of hydrogen-bond acceptors (Lipinski definition) is 3. The van der Waals surface area contributed by atoms with Gasteiger partial charge in [0.15, 0.2) is 0 Å². The van der Waals surface area contributed by atoms with Gasteiger partial charge in [-0.1, -0.05) is 6.08 Å². The molecule has 0 bridgehead atoms. The highest BCUT2D eigenvalue weighted by Gasteiger charge is 2.29. The highest BCUT2D eigenvalue weighted by atomic mass is 16.6. The minimum Gasteiger partial charge on any atom is -0.478 e. The second kappa shape index (κ2) is 4.77. The molecule has 0 aromatic heterocycles. The molecule has 0 aromatic rings. The van der Waals surface area contributed by atoms with Crippen molar-refractivity contribution < 1.29 is 19.4 Å². The Morgan fingerprint density at radius 3 is 2.47 bits per heavy atom. The lowest BCUT2D eigenvalue weighted by molar-refractivity contribution is -0.133. The number of carboxylic acid groups (broad SMARTS) is 1. The van der Waals surface area contributed by atoms with Crippen LogP contribution in [0.5, 0.6) is 0 Å². The Bertz CT molecular complexity index is 354. The average Bonchev–Trinajstić information content (AvgIpc) is 2.14. The summed E-state index contributed by atoms with van der Waals surface area (Å²) in [5.41, 5.74) is -0.176. The van der Waals surface area contributed by atoms with Crippen LogP contribution in [0.15, 0.2) is 11.6 Å². The van der Waals surface area contributed by atoms with Gasteiger partial charge in [0.05, 0.1) is 0 Å². The van der Waals surface area contributed by atoms with E-state index in [1.165, 1.54) is 4.90 Å². The van der Waals surface area contributed by atoms with E-state index in [-0.39, 0.29) is 12.6 Å². The molecule has 0 fully saturated rings. The molecular weight excluding hydrogens is 222 g/mol. The summed E-state index contributed by atoms with van der Waals surface area (Å²) in [6.45, 7) is 7.52. The molecule has 0 aliphatic carbocycles. The average molecular weight is 241 g/mol. The molecule has 0 radical (unpaired) electrons. The fourth-order valence-corrected chi connectivity index (χ4v) is 1.65. The van der Waals surface area contributed by atoms with Gasteiger partial charge in [0, 0.05) is 18.2 Å². The first-order valence-electron chi connectivity index (χ1n) is 5.62. The van der Waals surface area contributed by atoms with Gasteiger partial charge in [0.25, 0.3) is 0 Å². The zero-order chi connectivity index (χ0) is 13.2. The van der Waals surface area contributed by atoms with Gasteiger partial charge < -0.3 is 14.7 Å². The van der Waals surface area contributed by atoms with E-state index >= 15 is 0 Å². The number of hydrogen-bond donors (Lipinski definition) is 1. The van der Waals surface area contributed by atoms with Crippen molar-refractivity contribution in [1.29, 1.82) is 0 Å². The van der Waals surface area contributed by atoms with Crippen LogP contribution in [0, 0.1) is 0 Å². The Hall–Kier alpha value is -1.52. The van der Waals surface area contributed by atoms with Crippen molar-refractivity contribution in [3.8, 4) is 0 Å². The molecule has 1 unspecified atom stereocenters. The third-order valence-electron chi connectivity index (χ3n) is 2.48. The topological polar surface area (TPSA) is 66.8 Å². The van der Waals surface area contributed by atoms with Gasteiger partial charge in [-0.15, -0.1) is 0 Å². The van der Waals surface area contributed by atoms with Crippen LogP contribution in [0.2, 0.25) is 0 Å². The lowest BCUT2D eigenvalue weighted by atomic mass is 10.0. The Labute approximate surface area is 101 Å². The van der Waals surface area contributed by atoms with E-state index in [0.29, 0.717) is 12.0 Å². The molecule has 1 N–H and O–H groups in total.